The topological polar surface area (TPSA) is 73.5 Å². The molecule has 1 atom stereocenters. The van der Waals surface area contributed by atoms with E-state index in [1.54, 1.807) is 11.9 Å². The Kier molecular flexibility index (Phi) is 3.01. The molecular formula is C12H14N4O2. The Hall–Kier alpha value is -2.37. The highest BCUT2D eigenvalue weighted by Crippen LogP contribution is 2.27. The summed E-state index contributed by atoms with van der Waals surface area (Å²) in [6, 6.07) is 7.65. The molecule has 18 heavy (non-hydrogen) atoms. The van der Waals surface area contributed by atoms with E-state index in [-0.39, 0.29) is 5.82 Å². The maximum Gasteiger partial charge on any atom is 0.336 e. The van der Waals surface area contributed by atoms with Gasteiger partial charge in [-0.1, -0.05) is 17.7 Å². The molecule has 94 valence electrons. The van der Waals surface area contributed by atoms with Gasteiger partial charge in [0, 0.05) is 5.69 Å². The Balaban J connectivity index is 2.39. The van der Waals surface area contributed by atoms with E-state index in [4.69, 9.17) is 5.41 Å². The minimum atomic E-state index is -0.451. The third-order valence-electron chi connectivity index (χ3n) is 2.97. The molecule has 0 saturated carbocycles. The van der Waals surface area contributed by atoms with Crippen LogP contribution in [-0.2, 0) is 0 Å². The van der Waals surface area contributed by atoms with Gasteiger partial charge < -0.3 is 15.5 Å². The highest BCUT2D eigenvalue weighted by Gasteiger charge is 2.37. The second kappa shape index (κ2) is 4.48. The summed E-state index contributed by atoms with van der Waals surface area (Å²) < 4.78 is 0. The maximum absolute atomic E-state index is 10.9. The summed E-state index contributed by atoms with van der Waals surface area (Å²) in [4.78, 5) is 13.6. The van der Waals surface area contributed by atoms with Crippen LogP contribution in [0.1, 0.15) is 5.56 Å². The lowest BCUT2D eigenvalue weighted by atomic mass is 10.2. The van der Waals surface area contributed by atoms with Gasteiger partial charge in [-0.15, -0.1) is 0 Å². The first-order valence-electron chi connectivity index (χ1n) is 5.49. The van der Waals surface area contributed by atoms with Crippen molar-refractivity contribution in [3.8, 4) is 0 Å². The van der Waals surface area contributed by atoms with Gasteiger partial charge in [0.25, 0.3) is 0 Å². The first kappa shape index (κ1) is 12.1. The molecule has 1 aromatic carbocycles. The number of benzene rings is 1. The standard InChI is InChI=1S/C12H14N4O2/c1-9-3-5-10(6-4-9)15-8-12(16(17)18)14(2)11(15)7-13/h3-8,11,13H,1-2H3/t11-/m1/s1. The van der Waals surface area contributed by atoms with Crippen LogP contribution < -0.4 is 4.90 Å². The van der Waals surface area contributed by atoms with E-state index in [1.165, 1.54) is 17.3 Å². The molecule has 0 unspecified atom stereocenters. The quantitative estimate of drug-likeness (QED) is 0.501. The van der Waals surface area contributed by atoms with Gasteiger partial charge in [0.15, 0.2) is 0 Å². The number of hydrogen-bond donors (Lipinski definition) is 1. The van der Waals surface area contributed by atoms with Crippen molar-refractivity contribution in [1.29, 1.82) is 5.41 Å². The molecule has 0 bridgehead atoms. The number of nitrogens with one attached hydrogen (secondary N) is 1. The number of nitro groups is 1. The van der Waals surface area contributed by atoms with E-state index in [1.807, 2.05) is 31.2 Å². The van der Waals surface area contributed by atoms with Gasteiger partial charge in [0.2, 0.25) is 6.17 Å². The predicted molar refractivity (Wildman–Crippen MR) is 69.1 cm³/mol. The van der Waals surface area contributed by atoms with Crippen molar-refractivity contribution in [2.75, 3.05) is 11.9 Å². The average molecular weight is 246 g/mol. The summed E-state index contributed by atoms with van der Waals surface area (Å²) >= 11 is 0. The summed E-state index contributed by atoms with van der Waals surface area (Å²) in [5.74, 6) is -0.0101. The second-order valence-corrected chi connectivity index (χ2v) is 4.18. The summed E-state index contributed by atoms with van der Waals surface area (Å²) in [6.07, 6.45) is 2.20. The third kappa shape index (κ3) is 1.92. The van der Waals surface area contributed by atoms with Crippen LogP contribution in [0.25, 0.3) is 0 Å². The van der Waals surface area contributed by atoms with Crippen LogP contribution in [0.4, 0.5) is 5.69 Å². The minimum absolute atomic E-state index is 0.0101. The second-order valence-electron chi connectivity index (χ2n) is 4.18. The first-order chi connectivity index (χ1) is 8.54. The van der Waals surface area contributed by atoms with Gasteiger partial charge in [0.05, 0.1) is 13.3 Å². The Morgan fingerprint density at radius 1 is 1.39 bits per heavy atom. The van der Waals surface area contributed by atoms with Gasteiger partial charge >= 0.3 is 5.82 Å². The molecule has 0 spiro atoms. The fraction of sp³-hybridized carbons (Fsp3) is 0.250. The fourth-order valence-corrected chi connectivity index (χ4v) is 1.93. The van der Waals surface area contributed by atoms with Crippen molar-refractivity contribution in [1.82, 2.24) is 4.90 Å². The van der Waals surface area contributed by atoms with E-state index in [2.05, 4.69) is 0 Å². The summed E-state index contributed by atoms with van der Waals surface area (Å²) in [6.45, 7) is 1.98. The van der Waals surface area contributed by atoms with Gasteiger partial charge in [-0.25, -0.2) is 4.90 Å². The molecule has 0 fully saturated rings. The molecule has 1 aliphatic heterocycles. The smallest absolute Gasteiger partial charge is 0.336 e. The fourth-order valence-electron chi connectivity index (χ4n) is 1.93. The number of aryl methyl sites for hydroxylation is 1. The molecule has 1 aliphatic rings. The van der Waals surface area contributed by atoms with E-state index in [0.29, 0.717) is 0 Å². The van der Waals surface area contributed by atoms with Crippen LogP contribution in [0.2, 0.25) is 0 Å². The Morgan fingerprint density at radius 3 is 2.50 bits per heavy atom. The van der Waals surface area contributed by atoms with Crippen molar-refractivity contribution in [3.05, 3.63) is 52.0 Å². The maximum atomic E-state index is 10.9. The lowest BCUT2D eigenvalue weighted by molar-refractivity contribution is -0.443. The molecule has 1 heterocycles. The number of anilines is 1. The molecule has 1 N–H and O–H groups in total. The number of nitrogens with zero attached hydrogens (tertiary/aromatic N) is 3. The minimum Gasteiger partial charge on any atom is -0.358 e. The highest BCUT2D eigenvalue weighted by atomic mass is 16.6. The predicted octanol–water partition coefficient (Wildman–Crippen LogP) is 1.80. The van der Waals surface area contributed by atoms with Gasteiger partial charge in [0.1, 0.15) is 6.20 Å². The molecule has 0 aliphatic carbocycles. The van der Waals surface area contributed by atoms with Gasteiger partial charge in [-0.05, 0) is 24.0 Å². The molecular weight excluding hydrogens is 232 g/mol. The lowest BCUT2D eigenvalue weighted by Gasteiger charge is -2.22. The van der Waals surface area contributed by atoms with Crippen LogP contribution in [0.15, 0.2) is 36.3 Å². The first-order valence-corrected chi connectivity index (χ1v) is 5.49. The summed E-state index contributed by atoms with van der Waals surface area (Å²) in [5, 5.41) is 18.3. The molecule has 6 heteroatoms. The monoisotopic (exact) mass is 246 g/mol. The van der Waals surface area contributed by atoms with Crippen LogP contribution in [0.5, 0.6) is 0 Å². The van der Waals surface area contributed by atoms with Crippen LogP contribution in [0, 0.1) is 22.4 Å². The molecule has 0 aromatic heterocycles. The summed E-state index contributed by atoms with van der Waals surface area (Å²) in [5.41, 5.74) is 1.95. The molecule has 0 amide bonds. The van der Waals surface area contributed by atoms with Crippen molar-refractivity contribution in [2.45, 2.75) is 13.1 Å². The van der Waals surface area contributed by atoms with E-state index in [0.717, 1.165) is 11.3 Å². The van der Waals surface area contributed by atoms with Crippen LogP contribution in [0.3, 0.4) is 0 Å². The molecule has 6 nitrogen and oxygen atoms in total. The van der Waals surface area contributed by atoms with Crippen molar-refractivity contribution < 1.29 is 4.92 Å². The Morgan fingerprint density at radius 2 is 2.00 bits per heavy atom. The van der Waals surface area contributed by atoms with Crippen molar-refractivity contribution in [3.63, 3.8) is 0 Å². The number of rotatable bonds is 3. The Bertz CT molecular complexity index is 509. The zero-order valence-electron chi connectivity index (χ0n) is 10.2. The third-order valence-corrected chi connectivity index (χ3v) is 2.97. The van der Waals surface area contributed by atoms with E-state index >= 15 is 0 Å². The Labute approximate surface area is 105 Å². The van der Waals surface area contributed by atoms with Crippen LogP contribution >= 0.6 is 0 Å². The van der Waals surface area contributed by atoms with Crippen molar-refractivity contribution >= 4 is 11.9 Å². The highest BCUT2D eigenvalue weighted by molar-refractivity contribution is 5.71. The van der Waals surface area contributed by atoms with Crippen molar-refractivity contribution in [2.24, 2.45) is 0 Å². The molecule has 1 aromatic rings. The molecule has 0 saturated heterocycles. The van der Waals surface area contributed by atoms with Gasteiger partial charge in [-0.2, -0.15) is 0 Å². The zero-order valence-corrected chi connectivity index (χ0v) is 10.2. The lowest BCUT2D eigenvalue weighted by Crippen LogP contribution is -2.39. The molecule has 0 radical (unpaired) electrons. The number of hydrogen-bond acceptors (Lipinski definition) is 5. The van der Waals surface area contributed by atoms with Crippen LogP contribution in [-0.4, -0.2) is 29.3 Å². The zero-order chi connectivity index (χ0) is 13.3. The average Bonchev–Trinajstić information content (AvgIpc) is 2.67. The van der Waals surface area contributed by atoms with E-state index in [9.17, 15) is 10.1 Å². The molecule has 2 rings (SSSR count). The van der Waals surface area contributed by atoms with Gasteiger partial charge in [-0.3, -0.25) is 4.90 Å². The normalized spacial score (nSPS) is 18.8. The largest absolute Gasteiger partial charge is 0.358 e. The SMILES string of the molecule is Cc1ccc(N2C=C([N+](=O)[O-])N(C)[C@H]2C=N)cc1. The van der Waals surface area contributed by atoms with E-state index < -0.39 is 11.1 Å². The summed E-state index contributed by atoms with van der Waals surface area (Å²) in [7, 11) is 1.61.